The largest absolute Gasteiger partial charge is 0.344 e. The van der Waals surface area contributed by atoms with Crippen LogP contribution >= 0.6 is 22.6 Å². The highest BCUT2D eigenvalue weighted by Crippen LogP contribution is 1.91. The molecule has 3 N–H and O–H groups in total. The molecule has 34 valence electrons. The van der Waals surface area contributed by atoms with Gasteiger partial charge in [0.05, 0.1) is 0 Å². The maximum atomic E-state index is 2.34. The summed E-state index contributed by atoms with van der Waals surface area (Å²) in [5.41, 5.74) is 0. The van der Waals surface area contributed by atoms with E-state index in [9.17, 15) is 0 Å². The Labute approximate surface area is 46.9 Å². The van der Waals surface area contributed by atoms with Crippen LogP contribution in [0.5, 0.6) is 0 Å². The molecule has 0 rings (SSSR count). The molecule has 0 unspecified atom stereocenters. The zero-order valence-corrected chi connectivity index (χ0v) is 5.82. The normalized spacial score (nSPS) is 7.20. The summed E-state index contributed by atoms with van der Waals surface area (Å²) >= 11 is 2.34. The predicted octanol–water partition coefficient (Wildman–Crippen LogP) is 1.99. The van der Waals surface area contributed by atoms with E-state index in [0.29, 0.717) is 0 Å². The molecule has 0 spiro atoms. The lowest BCUT2D eigenvalue weighted by Crippen LogP contribution is -1.69. The fraction of sp³-hybridized carbons (Fsp3) is 1.00. The molecule has 0 bridgehead atoms. The van der Waals surface area contributed by atoms with Crippen LogP contribution in [0.15, 0.2) is 0 Å². The van der Waals surface area contributed by atoms with E-state index in [2.05, 4.69) is 36.4 Å². The summed E-state index contributed by atoms with van der Waals surface area (Å²) < 4.78 is 0.803. The number of alkyl halides is 1. The smallest absolute Gasteiger partial charge is 0.00530 e. The molecule has 5 heavy (non-hydrogen) atoms. The zero-order chi connectivity index (χ0) is 3.58. The van der Waals surface area contributed by atoms with E-state index in [4.69, 9.17) is 0 Å². The van der Waals surface area contributed by atoms with E-state index in [-0.39, 0.29) is 6.15 Å². The first-order chi connectivity index (χ1) is 1.73. The van der Waals surface area contributed by atoms with Gasteiger partial charge in [0.25, 0.3) is 0 Å². The highest BCUT2D eigenvalue weighted by atomic mass is 127. The maximum absolute atomic E-state index is 2.34. The molecule has 0 saturated heterocycles. The average Bonchev–Trinajstić information content (AvgIpc) is 0.811. The molecule has 0 aliphatic carbocycles. The highest BCUT2D eigenvalue weighted by molar-refractivity contribution is 14.1. The molecular weight excluding hydrogens is 177 g/mol. The average molecular weight is 187 g/mol. The van der Waals surface area contributed by atoms with Crippen LogP contribution in [-0.4, -0.2) is 3.92 Å². The molecule has 0 saturated carbocycles. The number of rotatable bonds is 0. The predicted molar refractivity (Wildman–Crippen MR) is 34.2 cm³/mol. The minimum Gasteiger partial charge on any atom is -0.344 e. The Kier molecular flexibility index (Phi) is 8.62. The van der Waals surface area contributed by atoms with Crippen LogP contribution in [0.4, 0.5) is 0 Å². The molecule has 2 heteroatoms. The molecule has 0 atom stereocenters. The fourth-order valence-electron chi connectivity index (χ4n) is 0. The van der Waals surface area contributed by atoms with Crippen LogP contribution in [0, 0.1) is 0 Å². The van der Waals surface area contributed by atoms with E-state index in [1.54, 1.807) is 0 Å². The number of hydrogen-bond acceptors (Lipinski definition) is 1. The highest BCUT2D eigenvalue weighted by Gasteiger charge is 1.70. The van der Waals surface area contributed by atoms with Crippen LogP contribution in [0.1, 0.15) is 13.8 Å². The Balaban J connectivity index is 0. The summed E-state index contributed by atoms with van der Waals surface area (Å²) in [6.07, 6.45) is 0. The van der Waals surface area contributed by atoms with E-state index in [1.807, 2.05) is 0 Å². The lowest BCUT2D eigenvalue weighted by molar-refractivity contribution is 1.16. The van der Waals surface area contributed by atoms with Crippen molar-refractivity contribution in [2.45, 2.75) is 17.8 Å². The van der Waals surface area contributed by atoms with Crippen molar-refractivity contribution in [2.24, 2.45) is 0 Å². The van der Waals surface area contributed by atoms with Gasteiger partial charge in [-0.25, -0.2) is 0 Å². The van der Waals surface area contributed by atoms with Crippen LogP contribution in [0.25, 0.3) is 0 Å². The minimum atomic E-state index is 0. The Hall–Kier alpha value is 0.690. The third-order valence-electron chi connectivity index (χ3n) is 0. The van der Waals surface area contributed by atoms with E-state index >= 15 is 0 Å². The van der Waals surface area contributed by atoms with Crippen LogP contribution in [-0.2, 0) is 0 Å². The van der Waals surface area contributed by atoms with Crippen molar-refractivity contribution in [1.29, 1.82) is 0 Å². The van der Waals surface area contributed by atoms with Gasteiger partial charge in [-0.3, -0.25) is 0 Å². The zero-order valence-electron chi connectivity index (χ0n) is 3.66. The Morgan fingerprint density at radius 1 is 1.40 bits per heavy atom. The topological polar surface area (TPSA) is 35.0 Å². The van der Waals surface area contributed by atoms with Crippen LogP contribution in [0.3, 0.4) is 0 Å². The quantitative estimate of drug-likeness (QED) is 0.456. The van der Waals surface area contributed by atoms with Gasteiger partial charge in [0, 0.05) is 3.92 Å². The van der Waals surface area contributed by atoms with Crippen LogP contribution < -0.4 is 6.15 Å². The first-order valence-corrected chi connectivity index (χ1v) is 2.62. The van der Waals surface area contributed by atoms with Gasteiger partial charge >= 0.3 is 0 Å². The molecule has 0 fully saturated rings. The maximum Gasteiger partial charge on any atom is 0.00530 e. The second-order valence-electron chi connectivity index (χ2n) is 1.01. The third-order valence-corrected chi connectivity index (χ3v) is 0. The van der Waals surface area contributed by atoms with Crippen molar-refractivity contribution >= 4 is 22.6 Å². The van der Waals surface area contributed by atoms with Crippen LogP contribution in [0.2, 0.25) is 0 Å². The van der Waals surface area contributed by atoms with E-state index < -0.39 is 0 Å². The first kappa shape index (κ1) is 9.19. The van der Waals surface area contributed by atoms with Gasteiger partial charge in [0.2, 0.25) is 0 Å². The van der Waals surface area contributed by atoms with Gasteiger partial charge in [0.15, 0.2) is 0 Å². The van der Waals surface area contributed by atoms with Gasteiger partial charge in [-0.15, -0.1) is 0 Å². The third kappa shape index (κ3) is 71.3. The van der Waals surface area contributed by atoms with Crippen molar-refractivity contribution in [1.82, 2.24) is 6.15 Å². The van der Waals surface area contributed by atoms with Crippen molar-refractivity contribution in [3.8, 4) is 0 Å². The standard InChI is InChI=1S/C3H7I.H3N/c1-3(2)4;/h3H,1-2H3;1H3. The lowest BCUT2D eigenvalue weighted by atomic mass is 10.6. The summed E-state index contributed by atoms with van der Waals surface area (Å²) in [6.45, 7) is 4.31. The molecule has 0 radical (unpaired) electrons. The number of halogens is 1. The molecule has 0 aliphatic rings. The summed E-state index contributed by atoms with van der Waals surface area (Å²) in [5, 5.41) is 0. The molecule has 0 aromatic carbocycles. The van der Waals surface area contributed by atoms with Gasteiger partial charge in [-0.2, -0.15) is 0 Å². The van der Waals surface area contributed by atoms with Gasteiger partial charge in [-0.1, -0.05) is 36.4 Å². The van der Waals surface area contributed by atoms with Gasteiger partial charge < -0.3 is 6.15 Å². The molecular formula is C3H10IN. The lowest BCUT2D eigenvalue weighted by Gasteiger charge is -1.76. The number of hydrogen-bond donors (Lipinski definition) is 1. The summed E-state index contributed by atoms with van der Waals surface area (Å²) in [7, 11) is 0. The van der Waals surface area contributed by atoms with Crippen molar-refractivity contribution in [3.05, 3.63) is 0 Å². The minimum absolute atomic E-state index is 0. The van der Waals surface area contributed by atoms with Crippen molar-refractivity contribution in [2.75, 3.05) is 0 Å². The van der Waals surface area contributed by atoms with Gasteiger partial charge in [0.1, 0.15) is 0 Å². The molecule has 1 nitrogen and oxygen atoms in total. The summed E-state index contributed by atoms with van der Waals surface area (Å²) in [4.78, 5) is 0. The SMILES string of the molecule is CC(C)I.N. The molecule has 0 amide bonds. The Morgan fingerprint density at radius 3 is 1.40 bits per heavy atom. The van der Waals surface area contributed by atoms with E-state index in [0.717, 1.165) is 3.92 Å². The molecule has 0 aliphatic heterocycles. The molecule has 0 heterocycles. The molecule has 0 aromatic rings. The first-order valence-electron chi connectivity index (χ1n) is 1.37. The van der Waals surface area contributed by atoms with Gasteiger partial charge in [-0.05, 0) is 0 Å². The summed E-state index contributed by atoms with van der Waals surface area (Å²) in [5.74, 6) is 0. The Morgan fingerprint density at radius 2 is 1.40 bits per heavy atom. The fourth-order valence-corrected chi connectivity index (χ4v) is 0. The summed E-state index contributed by atoms with van der Waals surface area (Å²) in [6, 6.07) is 0. The van der Waals surface area contributed by atoms with Crippen molar-refractivity contribution < 1.29 is 0 Å². The molecule has 0 aromatic heterocycles. The monoisotopic (exact) mass is 187 g/mol. The Bertz CT molecular complexity index is 11.6. The van der Waals surface area contributed by atoms with Crippen molar-refractivity contribution in [3.63, 3.8) is 0 Å². The second kappa shape index (κ2) is 4.69. The second-order valence-corrected chi connectivity index (χ2v) is 3.51. The van der Waals surface area contributed by atoms with E-state index in [1.165, 1.54) is 0 Å².